The van der Waals surface area contributed by atoms with E-state index in [-0.39, 0.29) is 49.2 Å². The minimum Gasteiger partial charge on any atom is -0.370 e. The number of hydrogen-bond acceptors (Lipinski definition) is 4. The number of hydrogen-bond donors (Lipinski definition) is 1. The Morgan fingerprint density at radius 1 is 1.28 bits per heavy atom. The second kappa shape index (κ2) is 9.35. The van der Waals surface area contributed by atoms with E-state index in [1.54, 1.807) is 23.1 Å². The molecule has 0 aliphatic carbocycles. The molecule has 2 atom stereocenters. The Bertz CT molecular complexity index is 770. The lowest BCUT2D eigenvalue weighted by molar-refractivity contribution is -0.140. The molecule has 1 aromatic rings. The summed E-state index contributed by atoms with van der Waals surface area (Å²) >= 11 is 0. The highest BCUT2D eigenvalue weighted by Crippen LogP contribution is 2.17. The Balaban J connectivity index is 1.73. The highest BCUT2D eigenvalue weighted by molar-refractivity contribution is 5.93. The number of rotatable bonds is 6. The molecule has 2 aliphatic heterocycles. The number of nitrogens with one attached hydrogen (secondary N) is 1. The van der Waals surface area contributed by atoms with Crippen LogP contribution < -0.4 is 5.32 Å². The monoisotopic (exact) mass is 405 g/mol. The third kappa shape index (κ3) is 5.53. The molecular formula is C21H28FN3O4. The van der Waals surface area contributed by atoms with Crippen molar-refractivity contribution >= 4 is 17.7 Å². The van der Waals surface area contributed by atoms with Gasteiger partial charge in [0.25, 0.3) is 0 Å². The quantitative estimate of drug-likeness (QED) is 0.774. The summed E-state index contributed by atoms with van der Waals surface area (Å²) < 4.78 is 19.9. The van der Waals surface area contributed by atoms with Crippen molar-refractivity contribution in [3.63, 3.8) is 0 Å². The number of ether oxygens (including phenoxy) is 1. The topological polar surface area (TPSA) is 79.0 Å². The molecule has 0 bridgehead atoms. The van der Waals surface area contributed by atoms with E-state index in [1.807, 2.05) is 13.8 Å². The molecule has 0 saturated carbocycles. The van der Waals surface area contributed by atoms with Crippen molar-refractivity contribution in [2.24, 2.45) is 5.92 Å². The summed E-state index contributed by atoms with van der Waals surface area (Å²) in [4.78, 5) is 40.3. The number of nitrogens with zero attached hydrogens (tertiary/aromatic N) is 2. The highest BCUT2D eigenvalue weighted by Gasteiger charge is 2.36. The van der Waals surface area contributed by atoms with Gasteiger partial charge < -0.3 is 19.9 Å². The van der Waals surface area contributed by atoms with Crippen molar-refractivity contribution in [1.29, 1.82) is 0 Å². The van der Waals surface area contributed by atoms with Gasteiger partial charge in [-0.05, 0) is 18.4 Å². The van der Waals surface area contributed by atoms with Crippen LogP contribution in [-0.2, 0) is 25.7 Å². The smallest absolute Gasteiger partial charge is 0.245 e. The largest absolute Gasteiger partial charge is 0.370 e. The maximum atomic E-state index is 13.9. The Hall–Kier alpha value is -2.48. The van der Waals surface area contributed by atoms with Crippen LogP contribution in [0.1, 0.15) is 32.3 Å². The average Bonchev–Trinajstić information content (AvgIpc) is 3.04. The molecule has 29 heavy (non-hydrogen) atoms. The van der Waals surface area contributed by atoms with Gasteiger partial charge in [-0.1, -0.05) is 32.0 Å². The Morgan fingerprint density at radius 3 is 2.69 bits per heavy atom. The zero-order valence-corrected chi connectivity index (χ0v) is 16.9. The lowest BCUT2D eigenvalue weighted by Gasteiger charge is -2.26. The van der Waals surface area contributed by atoms with Crippen molar-refractivity contribution < 1.29 is 23.5 Å². The van der Waals surface area contributed by atoms with Gasteiger partial charge in [0.05, 0.1) is 19.3 Å². The average molecular weight is 405 g/mol. The SMILES string of the molecule is CC(C)CN1C[C@@H](OCc2ccccc2F)CN(C(=O)[C@@H]2CCC(=O)N2)CC1=O. The maximum Gasteiger partial charge on any atom is 0.245 e. The number of benzene rings is 1. The number of carbonyl (C=O) groups is 3. The summed E-state index contributed by atoms with van der Waals surface area (Å²) in [5.74, 6) is -0.651. The lowest BCUT2D eigenvalue weighted by Crippen LogP contribution is -2.48. The minimum absolute atomic E-state index is 0.0442. The van der Waals surface area contributed by atoms with Crippen LogP contribution in [0.15, 0.2) is 24.3 Å². The summed E-state index contributed by atoms with van der Waals surface area (Å²) in [5.41, 5.74) is 0.430. The zero-order chi connectivity index (χ0) is 21.0. The molecule has 2 fully saturated rings. The Kier molecular flexibility index (Phi) is 6.84. The Labute approximate surface area is 170 Å². The van der Waals surface area contributed by atoms with Crippen LogP contribution in [-0.4, -0.2) is 65.8 Å². The fourth-order valence-electron chi connectivity index (χ4n) is 3.71. The standard InChI is InChI=1S/C21H28FN3O4/c1-14(2)9-24-10-16(29-13-15-5-3-4-6-17(15)22)11-25(12-20(24)27)21(28)18-7-8-19(26)23-18/h3-6,14,16,18H,7-13H2,1-2H3,(H,23,26)/t16-,18+/m1/s1. The van der Waals surface area contributed by atoms with E-state index in [0.29, 0.717) is 31.5 Å². The van der Waals surface area contributed by atoms with E-state index in [2.05, 4.69) is 5.32 Å². The van der Waals surface area contributed by atoms with Crippen molar-refractivity contribution in [3.05, 3.63) is 35.6 Å². The van der Waals surface area contributed by atoms with Crippen LogP contribution >= 0.6 is 0 Å². The fraction of sp³-hybridized carbons (Fsp3) is 0.571. The molecular weight excluding hydrogens is 377 g/mol. The van der Waals surface area contributed by atoms with Crippen LogP contribution in [0.2, 0.25) is 0 Å². The second-order valence-electron chi connectivity index (χ2n) is 8.09. The molecule has 3 rings (SSSR count). The number of amides is 3. The molecule has 2 heterocycles. The van der Waals surface area contributed by atoms with Gasteiger partial charge in [-0.2, -0.15) is 0 Å². The third-order valence-electron chi connectivity index (χ3n) is 5.15. The van der Waals surface area contributed by atoms with Crippen LogP contribution in [0.5, 0.6) is 0 Å². The van der Waals surface area contributed by atoms with Gasteiger partial charge >= 0.3 is 0 Å². The second-order valence-corrected chi connectivity index (χ2v) is 8.09. The van der Waals surface area contributed by atoms with Crippen LogP contribution in [0.3, 0.4) is 0 Å². The summed E-state index contributed by atoms with van der Waals surface area (Å²) in [6.07, 6.45) is 0.296. The van der Waals surface area contributed by atoms with Gasteiger partial charge in [-0.25, -0.2) is 4.39 Å². The molecule has 0 unspecified atom stereocenters. The first-order valence-corrected chi connectivity index (χ1v) is 10.0. The lowest BCUT2D eigenvalue weighted by atomic mass is 10.2. The summed E-state index contributed by atoms with van der Waals surface area (Å²) in [5, 5.41) is 2.66. The molecule has 8 heteroatoms. The normalized spacial score (nSPS) is 22.8. The van der Waals surface area contributed by atoms with Gasteiger partial charge in [0, 0.05) is 31.6 Å². The van der Waals surface area contributed by atoms with E-state index in [9.17, 15) is 18.8 Å². The van der Waals surface area contributed by atoms with Crippen molar-refractivity contribution in [1.82, 2.24) is 15.1 Å². The van der Waals surface area contributed by atoms with Crippen molar-refractivity contribution in [2.45, 2.75) is 45.4 Å². The van der Waals surface area contributed by atoms with E-state index in [0.717, 1.165) is 0 Å². The number of carbonyl (C=O) groups excluding carboxylic acids is 3. The first kappa shape index (κ1) is 21.2. The van der Waals surface area contributed by atoms with Gasteiger partial charge in [0.1, 0.15) is 11.9 Å². The highest BCUT2D eigenvalue weighted by atomic mass is 19.1. The van der Waals surface area contributed by atoms with Gasteiger partial charge in [0.2, 0.25) is 17.7 Å². The zero-order valence-electron chi connectivity index (χ0n) is 16.9. The molecule has 2 saturated heterocycles. The van der Waals surface area contributed by atoms with E-state index in [1.165, 1.54) is 11.0 Å². The minimum atomic E-state index is -0.598. The van der Waals surface area contributed by atoms with Crippen molar-refractivity contribution in [3.8, 4) is 0 Å². The summed E-state index contributed by atoms with van der Waals surface area (Å²) in [6, 6.07) is 5.78. The molecule has 158 valence electrons. The van der Waals surface area contributed by atoms with Gasteiger partial charge in [0.15, 0.2) is 0 Å². The summed E-state index contributed by atoms with van der Waals surface area (Å²) in [7, 11) is 0. The van der Waals surface area contributed by atoms with Crippen LogP contribution in [0, 0.1) is 11.7 Å². The van der Waals surface area contributed by atoms with Gasteiger partial charge in [-0.15, -0.1) is 0 Å². The predicted octanol–water partition coefficient (Wildman–Crippen LogP) is 1.32. The fourth-order valence-corrected chi connectivity index (χ4v) is 3.71. The molecule has 0 radical (unpaired) electrons. The molecule has 0 aromatic heterocycles. The molecule has 3 amide bonds. The molecule has 2 aliphatic rings. The molecule has 7 nitrogen and oxygen atoms in total. The van der Waals surface area contributed by atoms with Crippen LogP contribution in [0.4, 0.5) is 4.39 Å². The third-order valence-corrected chi connectivity index (χ3v) is 5.15. The first-order valence-electron chi connectivity index (χ1n) is 10.0. The summed E-state index contributed by atoms with van der Waals surface area (Å²) in [6.45, 7) is 5.17. The number of halogens is 1. The van der Waals surface area contributed by atoms with Crippen LogP contribution in [0.25, 0.3) is 0 Å². The maximum absolute atomic E-state index is 13.9. The molecule has 1 N–H and O–H groups in total. The van der Waals surface area contributed by atoms with E-state index >= 15 is 0 Å². The molecule has 0 spiro atoms. The predicted molar refractivity (Wildman–Crippen MR) is 104 cm³/mol. The van der Waals surface area contributed by atoms with E-state index in [4.69, 9.17) is 4.74 Å². The van der Waals surface area contributed by atoms with Gasteiger partial charge in [-0.3, -0.25) is 14.4 Å². The molecule has 1 aromatic carbocycles. The van der Waals surface area contributed by atoms with E-state index < -0.39 is 12.1 Å². The Morgan fingerprint density at radius 2 is 2.03 bits per heavy atom. The van der Waals surface area contributed by atoms with Crippen molar-refractivity contribution in [2.75, 3.05) is 26.2 Å². The first-order chi connectivity index (χ1) is 13.8.